The Morgan fingerprint density at radius 1 is 1.20 bits per heavy atom. The van der Waals surface area contributed by atoms with E-state index in [1.165, 1.54) is 0 Å². The molecular formula is C19H21N3O3. The summed E-state index contributed by atoms with van der Waals surface area (Å²) in [5.74, 6) is 1.00. The van der Waals surface area contributed by atoms with Gasteiger partial charge in [-0.2, -0.15) is 5.26 Å². The monoisotopic (exact) mass is 339 g/mol. The number of nitriles is 1. The molecule has 0 aliphatic carbocycles. The van der Waals surface area contributed by atoms with Gasteiger partial charge in [-0.25, -0.2) is 9.78 Å². The fraction of sp³-hybridized carbons (Fsp3) is 0.316. The zero-order valence-corrected chi connectivity index (χ0v) is 14.6. The molecule has 0 saturated carbocycles. The highest BCUT2D eigenvalue weighted by atomic mass is 16.6. The number of alkyl carbamates (subject to hydrolysis) is 1. The third kappa shape index (κ3) is 6.51. The normalized spacial score (nSPS) is 10.6. The topological polar surface area (TPSA) is 84.2 Å². The average Bonchev–Trinajstić information content (AvgIpc) is 2.55. The van der Waals surface area contributed by atoms with Gasteiger partial charge < -0.3 is 14.8 Å². The van der Waals surface area contributed by atoms with Gasteiger partial charge in [0.2, 0.25) is 5.88 Å². The lowest BCUT2D eigenvalue weighted by Crippen LogP contribution is -2.33. The van der Waals surface area contributed by atoms with Gasteiger partial charge in [0.1, 0.15) is 23.1 Å². The Hall–Kier alpha value is -3.07. The summed E-state index contributed by atoms with van der Waals surface area (Å²) < 4.78 is 10.8. The molecule has 1 aromatic heterocycles. The van der Waals surface area contributed by atoms with Crippen molar-refractivity contribution in [2.75, 3.05) is 6.54 Å². The summed E-state index contributed by atoms with van der Waals surface area (Å²) in [6.45, 7) is 5.96. The molecule has 25 heavy (non-hydrogen) atoms. The van der Waals surface area contributed by atoms with E-state index in [0.717, 1.165) is 5.56 Å². The van der Waals surface area contributed by atoms with E-state index in [1.807, 2.05) is 51.1 Å². The molecule has 6 nitrogen and oxygen atoms in total. The molecule has 0 atom stereocenters. The molecular weight excluding hydrogens is 318 g/mol. The molecule has 0 bridgehead atoms. The molecule has 6 heteroatoms. The van der Waals surface area contributed by atoms with Crippen LogP contribution in [0.3, 0.4) is 0 Å². The van der Waals surface area contributed by atoms with Crippen molar-refractivity contribution in [3.63, 3.8) is 0 Å². The highest BCUT2D eigenvalue weighted by molar-refractivity contribution is 5.67. The maximum absolute atomic E-state index is 11.6. The van der Waals surface area contributed by atoms with Crippen molar-refractivity contribution in [1.29, 1.82) is 5.26 Å². The summed E-state index contributed by atoms with van der Waals surface area (Å²) in [6, 6.07) is 14.5. The number of hydrogen-bond acceptors (Lipinski definition) is 5. The minimum Gasteiger partial charge on any atom is -0.444 e. The molecule has 0 unspecified atom stereocenters. The summed E-state index contributed by atoms with van der Waals surface area (Å²) in [5.41, 5.74) is 0.865. The molecule has 0 saturated heterocycles. The first kappa shape index (κ1) is 18.3. The molecule has 1 N–H and O–H groups in total. The number of rotatable bonds is 5. The number of amides is 1. The Morgan fingerprint density at radius 2 is 1.92 bits per heavy atom. The van der Waals surface area contributed by atoms with Crippen LogP contribution in [0, 0.1) is 11.3 Å². The summed E-state index contributed by atoms with van der Waals surface area (Å²) in [6.07, 6.45) is 0.262. The maximum Gasteiger partial charge on any atom is 0.407 e. The molecule has 2 rings (SSSR count). The molecule has 0 aliphatic rings. The second-order valence-electron chi connectivity index (χ2n) is 6.40. The van der Waals surface area contributed by atoms with Gasteiger partial charge in [-0.15, -0.1) is 0 Å². The van der Waals surface area contributed by atoms with Crippen LogP contribution in [0.1, 0.15) is 32.0 Å². The second kappa shape index (κ2) is 8.15. The van der Waals surface area contributed by atoms with E-state index in [2.05, 4.69) is 10.3 Å². The highest BCUT2D eigenvalue weighted by Gasteiger charge is 2.15. The number of ether oxygens (including phenoxy) is 2. The predicted molar refractivity (Wildman–Crippen MR) is 93.4 cm³/mol. The van der Waals surface area contributed by atoms with Crippen molar-refractivity contribution in [2.24, 2.45) is 0 Å². The van der Waals surface area contributed by atoms with Crippen LogP contribution >= 0.6 is 0 Å². The Balaban J connectivity index is 1.83. The highest BCUT2D eigenvalue weighted by Crippen LogP contribution is 2.20. The van der Waals surface area contributed by atoms with Gasteiger partial charge in [0.25, 0.3) is 0 Å². The van der Waals surface area contributed by atoms with Gasteiger partial charge >= 0.3 is 6.09 Å². The maximum atomic E-state index is 11.6. The summed E-state index contributed by atoms with van der Waals surface area (Å²) >= 11 is 0. The number of pyridine rings is 1. The van der Waals surface area contributed by atoms with Gasteiger partial charge in [0.15, 0.2) is 0 Å². The first-order valence-electron chi connectivity index (χ1n) is 7.96. The van der Waals surface area contributed by atoms with Crippen molar-refractivity contribution in [2.45, 2.75) is 32.8 Å². The van der Waals surface area contributed by atoms with E-state index >= 15 is 0 Å². The van der Waals surface area contributed by atoms with Crippen LogP contribution < -0.4 is 10.1 Å². The van der Waals surface area contributed by atoms with E-state index in [-0.39, 0.29) is 0 Å². The molecule has 0 spiro atoms. The van der Waals surface area contributed by atoms with Crippen molar-refractivity contribution in [3.05, 3.63) is 53.7 Å². The molecule has 130 valence electrons. The molecule has 1 heterocycles. The first-order chi connectivity index (χ1) is 11.9. The molecule has 0 aliphatic heterocycles. The molecule has 1 aromatic carbocycles. The molecule has 1 amide bonds. The van der Waals surface area contributed by atoms with E-state index in [1.54, 1.807) is 18.2 Å². The van der Waals surface area contributed by atoms with Crippen LogP contribution in [0.5, 0.6) is 11.6 Å². The van der Waals surface area contributed by atoms with E-state index in [0.29, 0.717) is 30.3 Å². The number of nitrogens with zero attached hydrogens (tertiary/aromatic N) is 2. The van der Waals surface area contributed by atoms with Crippen molar-refractivity contribution < 1.29 is 14.3 Å². The third-order valence-electron chi connectivity index (χ3n) is 3.07. The minimum absolute atomic E-state index is 0.308. The van der Waals surface area contributed by atoms with Gasteiger partial charge in [0, 0.05) is 12.6 Å². The summed E-state index contributed by atoms with van der Waals surface area (Å²) in [5, 5.41) is 11.6. The zero-order chi connectivity index (χ0) is 18.3. The molecule has 0 fully saturated rings. The third-order valence-corrected chi connectivity index (χ3v) is 3.07. The van der Waals surface area contributed by atoms with Gasteiger partial charge in [0.05, 0.1) is 0 Å². The van der Waals surface area contributed by atoms with Crippen LogP contribution in [-0.4, -0.2) is 23.2 Å². The van der Waals surface area contributed by atoms with Crippen LogP contribution in [0.15, 0.2) is 42.5 Å². The molecule has 2 aromatic rings. The molecule has 0 radical (unpaired) electrons. The number of benzene rings is 1. The number of carbonyl (C=O) groups excluding carboxylic acids is 1. The van der Waals surface area contributed by atoms with E-state index in [4.69, 9.17) is 14.7 Å². The fourth-order valence-electron chi connectivity index (χ4n) is 2.00. The number of hydrogen-bond donors (Lipinski definition) is 1. The van der Waals surface area contributed by atoms with Gasteiger partial charge in [-0.3, -0.25) is 0 Å². The largest absolute Gasteiger partial charge is 0.444 e. The predicted octanol–water partition coefficient (Wildman–Crippen LogP) is 3.81. The number of aromatic nitrogens is 1. The summed E-state index contributed by atoms with van der Waals surface area (Å²) in [7, 11) is 0. The standard InChI is InChI=1S/C19H21N3O3/c1-19(2,3)25-18(23)21-12-11-14-7-9-16(10-8-14)24-17-6-4-5-15(13-20)22-17/h4-10H,11-12H2,1-3H3,(H,21,23). The Bertz CT molecular complexity index is 759. The van der Waals surface area contributed by atoms with Crippen molar-refractivity contribution in [1.82, 2.24) is 10.3 Å². The SMILES string of the molecule is CC(C)(C)OC(=O)NCCc1ccc(Oc2cccc(C#N)n2)cc1. The number of nitrogens with one attached hydrogen (secondary N) is 1. The van der Waals surface area contributed by atoms with Gasteiger partial charge in [-0.1, -0.05) is 18.2 Å². The number of carbonyl (C=O) groups is 1. The smallest absolute Gasteiger partial charge is 0.407 e. The van der Waals surface area contributed by atoms with Crippen LogP contribution in [0.2, 0.25) is 0 Å². The van der Waals surface area contributed by atoms with Crippen LogP contribution in [0.25, 0.3) is 0 Å². The quantitative estimate of drug-likeness (QED) is 0.895. The zero-order valence-electron chi connectivity index (χ0n) is 14.6. The Morgan fingerprint density at radius 3 is 2.56 bits per heavy atom. The van der Waals surface area contributed by atoms with Crippen LogP contribution in [0.4, 0.5) is 4.79 Å². The van der Waals surface area contributed by atoms with Crippen molar-refractivity contribution in [3.8, 4) is 17.7 Å². The Kier molecular flexibility index (Phi) is 5.96. The van der Waals surface area contributed by atoms with E-state index < -0.39 is 11.7 Å². The second-order valence-corrected chi connectivity index (χ2v) is 6.40. The summed E-state index contributed by atoms with van der Waals surface area (Å²) in [4.78, 5) is 15.6. The lowest BCUT2D eigenvalue weighted by atomic mass is 10.1. The lowest BCUT2D eigenvalue weighted by molar-refractivity contribution is 0.0528. The first-order valence-corrected chi connectivity index (χ1v) is 7.96. The van der Waals surface area contributed by atoms with Crippen molar-refractivity contribution >= 4 is 6.09 Å². The minimum atomic E-state index is -0.500. The lowest BCUT2D eigenvalue weighted by Gasteiger charge is -2.19. The fourth-order valence-corrected chi connectivity index (χ4v) is 2.00. The van der Waals surface area contributed by atoms with Crippen LogP contribution in [-0.2, 0) is 11.2 Å². The Labute approximate surface area is 147 Å². The average molecular weight is 339 g/mol. The van der Waals surface area contributed by atoms with Gasteiger partial charge in [-0.05, 0) is 51.0 Å². The van der Waals surface area contributed by atoms with E-state index in [9.17, 15) is 4.79 Å².